The van der Waals surface area contributed by atoms with Crippen molar-refractivity contribution in [2.24, 2.45) is 5.92 Å². The Balaban J connectivity index is 1.82. The number of hydrogen-bond acceptors (Lipinski definition) is 3. The lowest BCUT2D eigenvalue weighted by Crippen LogP contribution is -2.42. The molecule has 25 heavy (non-hydrogen) atoms. The fourth-order valence-corrected chi connectivity index (χ4v) is 5.06. The van der Waals surface area contributed by atoms with E-state index in [1.807, 2.05) is 37.3 Å². The molecule has 1 fully saturated rings. The Hall–Kier alpha value is -1.98. The lowest BCUT2D eigenvalue weighted by atomic mass is 9.91. The van der Waals surface area contributed by atoms with Crippen LogP contribution in [0.4, 0.5) is 0 Å². The van der Waals surface area contributed by atoms with Crippen molar-refractivity contribution in [3.05, 3.63) is 65.2 Å². The van der Waals surface area contributed by atoms with Crippen LogP contribution in [0.1, 0.15) is 34.3 Å². The van der Waals surface area contributed by atoms with Crippen LogP contribution in [0.25, 0.3) is 0 Å². The van der Waals surface area contributed by atoms with Gasteiger partial charge in [-0.25, -0.2) is 8.42 Å². The van der Waals surface area contributed by atoms with Gasteiger partial charge in [0, 0.05) is 24.6 Å². The van der Waals surface area contributed by atoms with E-state index in [2.05, 4.69) is 0 Å². The average molecular weight is 357 g/mol. The number of ketones is 1. The molecular formula is C20H23NO3S. The van der Waals surface area contributed by atoms with E-state index in [1.54, 1.807) is 25.1 Å². The molecule has 4 nitrogen and oxygen atoms in total. The third kappa shape index (κ3) is 3.67. The molecule has 0 aliphatic carbocycles. The van der Waals surface area contributed by atoms with E-state index >= 15 is 0 Å². The summed E-state index contributed by atoms with van der Waals surface area (Å²) in [6, 6.07) is 14.5. The molecule has 5 heteroatoms. The highest BCUT2D eigenvalue weighted by Gasteiger charge is 2.34. The maximum atomic E-state index is 13.0. The van der Waals surface area contributed by atoms with E-state index in [4.69, 9.17) is 0 Å². The van der Waals surface area contributed by atoms with Crippen LogP contribution in [-0.4, -0.2) is 31.6 Å². The van der Waals surface area contributed by atoms with Crippen molar-refractivity contribution < 1.29 is 13.2 Å². The minimum absolute atomic E-state index is 0.0321. The number of benzene rings is 2. The quantitative estimate of drug-likeness (QED) is 0.786. The second-order valence-electron chi connectivity index (χ2n) is 6.70. The topological polar surface area (TPSA) is 54.5 Å². The van der Waals surface area contributed by atoms with Crippen molar-refractivity contribution >= 4 is 15.8 Å². The van der Waals surface area contributed by atoms with E-state index in [0.717, 1.165) is 17.5 Å². The molecule has 1 aliphatic rings. The number of sulfonamides is 1. The van der Waals surface area contributed by atoms with Gasteiger partial charge in [0.2, 0.25) is 10.0 Å². The standard InChI is InChI=1S/C20H23NO3S/c1-15-9-11-17(12-10-15)20(22)18-7-5-13-21(14-18)25(23,24)19-8-4-3-6-16(19)2/h3-4,6,8-12,18H,5,7,13-14H2,1-2H3. The predicted octanol–water partition coefficient (Wildman–Crippen LogP) is 3.59. The smallest absolute Gasteiger partial charge is 0.243 e. The van der Waals surface area contributed by atoms with E-state index in [-0.39, 0.29) is 18.2 Å². The van der Waals surface area contributed by atoms with Crippen molar-refractivity contribution in [2.45, 2.75) is 31.6 Å². The molecule has 1 saturated heterocycles. The van der Waals surface area contributed by atoms with Crippen LogP contribution in [0.15, 0.2) is 53.4 Å². The Labute approximate surface area is 149 Å². The molecule has 0 spiro atoms. The third-order valence-corrected chi connectivity index (χ3v) is 6.83. The van der Waals surface area contributed by atoms with Crippen molar-refractivity contribution in [1.29, 1.82) is 0 Å². The summed E-state index contributed by atoms with van der Waals surface area (Å²) in [6.07, 6.45) is 1.43. The Morgan fingerprint density at radius 3 is 2.40 bits per heavy atom. The number of rotatable bonds is 4. The van der Waals surface area contributed by atoms with Gasteiger partial charge in [0.15, 0.2) is 5.78 Å². The molecule has 1 aliphatic heterocycles. The summed E-state index contributed by atoms with van der Waals surface area (Å²) in [5.41, 5.74) is 2.49. The highest BCUT2D eigenvalue weighted by Crippen LogP contribution is 2.27. The van der Waals surface area contributed by atoms with Crippen LogP contribution in [0.2, 0.25) is 0 Å². The minimum atomic E-state index is -3.57. The Morgan fingerprint density at radius 2 is 1.72 bits per heavy atom. The van der Waals surface area contributed by atoms with E-state index in [9.17, 15) is 13.2 Å². The lowest BCUT2D eigenvalue weighted by Gasteiger charge is -2.31. The zero-order valence-electron chi connectivity index (χ0n) is 14.6. The number of hydrogen-bond donors (Lipinski definition) is 0. The highest BCUT2D eigenvalue weighted by molar-refractivity contribution is 7.89. The molecule has 0 bridgehead atoms. The molecule has 2 aromatic rings. The van der Waals surface area contributed by atoms with Gasteiger partial charge < -0.3 is 0 Å². The molecule has 0 amide bonds. The van der Waals surface area contributed by atoms with Gasteiger partial charge in [-0.05, 0) is 38.3 Å². The van der Waals surface area contributed by atoms with Crippen molar-refractivity contribution in [1.82, 2.24) is 4.31 Å². The second-order valence-corrected chi connectivity index (χ2v) is 8.60. The molecule has 0 saturated carbocycles. The number of carbonyl (C=O) groups is 1. The van der Waals surface area contributed by atoms with Gasteiger partial charge in [-0.2, -0.15) is 4.31 Å². The van der Waals surface area contributed by atoms with Crippen LogP contribution in [0.3, 0.4) is 0 Å². The average Bonchev–Trinajstić information content (AvgIpc) is 2.62. The normalized spacial score (nSPS) is 18.9. The third-order valence-electron chi connectivity index (χ3n) is 4.80. The Bertz CT molecular complexity index is 872. The molecule has 2 aromatic carbocycles. The first-order valence-electron chi connectivity index (χ1n) is 8.56. The second kappa shape index (κ2) is 7.10. The van der Waals surface area contributed by atoms with Gasteiger partial charge in [0.05, 0.1) is 4.90 Å². The number of nitrogens with zero attached hydrogens (tertiary/aromatic N) is 1. The van der Waals surface area contributed by atoms with Gasteiger partial charge >= 0.3 is 0 Å². The maximum Gasteiger partial charge on any atom is 0.243 e. The summed E-state index contributed by atoms with van der Waals surface area (Å²) in [5, 5.41) is 0. The number of aryl methyl sites for hydroxylation is 2. The van der Waals surface area contributed by atoms with Crippen LogP contribution in [0, 0.1) is 19.8 Å². The zero-order valence-corrected chi connectivity index (χ0v) is 15.4. The molecule has 3 rings (SSSR count). The first kappa shape index (κ1) is 17.8. The van der Waals surface area contributed by atoms with E-state index < -0.39 is 10.0 Å². The van der Waals surface area contributed by atoms with Crippen molar-refractivity contribution in [3.63, 3.8) is 0 Å². The largest absolute Gasteiger partial charge is 0.294 e. The maximum absolute atomic E-state index is 13.0. The fourth-order valence-electron chi connectivity index (χ4n) is 3.31. The molecule has 1 heterocycles. The van der Waals surface area contributed by atoms with Crippen molar-refractivity contribution in [3.8, 4) is 0 Å². The molecule has 132 valence electrons. The van der Waals surface area contributed by atoms with E-state index in [1.165, 1.54) is 4.31 Å². The van der Waals surface area contributed by atoms with E-state index in [0.29, 0.717) is 23.4 Å². The Morgan fingerprint density at radius 1 is 1.04 bits per heavy atom. The number of carbonyl (C=O) groups excluding carboxylic acids is 1. The first-order chi connectivity index (χ1) is 11.9. The summed E-state index contributed by atoms with van der Waals surface area (Å²) in [4.78, 5) is 13.1. The molecule has 1 unspecified atom stereocenters. The Kier molecular flexibility index (Phi) is 5.06. The molecule has 0 radical (unpaired) electrons. The number of Topliss-reactive ketones (excluding diaryl/α,β-unsaturated/α-hetero) is 1. The summed E-state index contributed by atoms with van der Waals surface area (Å²) in [7, 11) is -3.57. The molecule has 0 N–H and O–H groups in total. The predicted molar refractivity (Wildman–Crippen MR) is 98.2 cm³/mol. The molecule has 1 atom stereocenters. The summed E-state index contributed by atoms with van der Waals surface area (Å²) in [5.74, 6) is -0.250. The van der Waals surface area contributed by atoms with Crippen LogP contribution < -0.4 is 0 Å². The minimum Gasteiger partial charge on any atom is -0.294 e. The fraction of sp³-hybridized carbons (Fsp3) is 0.350. The summed E-state index contributed by atoms with van der Waals surface area (Å²) >= 11 is 0. The van der Waals surface area contributed by atoms with Gasteiger partial charge in [0.25, 0.3) is 0 Å². The first-order valence-corrected chi connectivity index (χ1v) is 10.0. The van der Waals surface area contributed by atoms with Crippen LogP contribution in [-0.2, 0) is 10.0 Å². The SMILES string of the molecule is Cc1ccc(C(=O)C2CCCN(S(=O)(=O)c3ccccc3C)C2)cc1. The van der Waals surface area contributed by atoms with Gasteiger partial charge in [-0.15, -0.1) is 0 Å². The zero-order chi connectivity index (χ0) is 18.0. The van der Waals surface area contributed by atoms with Crippen LogP contribution >= 0.6 is 0 Å². The monoisotopic (exact) mass is 357 g/mol. The highest BCUT2D eigenvalue weighted by atomic mass is 32.2. The van der Waals surface area contributed by atoms with Gasteiger partial charge in [-0.1, -0.05) is 48.0 Å². The summed E-state index contributed by atoms with van der Waals surface area (Å²) < 4.78 is 27.4. The molecule has 0 aromatic heterocycles. The van der Waals surface area contributed by atoms with Gasteiger partial charge in [0.1, 0.15) is 0 Å². The van der Waals surface area contributed by atoms with Crippen molar-refractivity contribution in [2.75, 3.05) is 13.1 Å². The van der Waals surface area contributed by atoms with Gasteiger partial charge in [-0.3, -0.25) is 4.79 Å². The number of piperidine rings is 1. The summed E-state index contributed by atoms with van der Waals surface area (Å²) in [6.45, 7) is 4.49. The van der Waals surface area contributed by atoms with Crippen LogP contribution in [0.5, 0.6) is 0 Å². The molecular weight excluding hydrogens is 334 g/mol. The lowest BCUT2D eigenvalue weighted by molar-refractivity contribution is 0.0872.